The molecule has 10 nitrogen and oxygen atoms in total. The lowest BCUT2D eigenvalue weighted by molar-refractivity contribution is -0.158. The quantitative estimate of drug-likeness (QED) is 0.436. The first kappa shape index (κ1) is 23.7. The Bertz CT molecular complexity index is 1540. The first-order valence-electron chi connectivity index (χ1n) is 11.2. The average Bonchev–Trinajstić information content (AvgIpc) is 3.38. The minimum absolute atomic E-state index is 0.0101. The molecule has 0 unspecified atom stereocenters. The van der Waals surface area contributed by atoms with E-state index < -0.39 is 28.5 Å². The minimum Gasteiger partial charge on any atom is -0.382 e. The number of H-pyrrole nitrogens is 1. The zero-order valence-electron chi connectivity index (χ0n) is 20.2. The van der Waals surface area contributed by atoms with Gasteiger partial charge in [-0.1, -0.05) is 6.07 Å². The smallest absolute Gasteiger partial charge is 0.268 e. The summed E-state index contributed by atoms with van der Waals surface area (Å²) in [6.45, 7) is 0. The number of aromatic amines is 1. The molecule has 1 saturated carbocycles. The molecule has 5 rings (SSSR count). The van der Waals surface area contributed by atoms with E-state index in [1.54, 1.807) is 43.9 Å². The second-order valence-electron chi connectivity index (χ2n) is 9.22. The number of aromatic nitrogens is 5. The summed E-state index contributed by atoms with van der Waals surface area (Å²) in [6, 6.07) is 5.12. The molecule has 1 aliphatic carbocycles. The van der Waals surface area contributed by atoms with Gasteiger partial charge in [0.05, 0.1) is 16.9 Å². The van der Waals surface area contributed by atoms with Crippen molar-refractivity contribution in [2.24, 2.45) is 13.0 Å². The minimum atomic E-state index is -0.907. The topological polar surface area (TPSA) is 124 Å². The van der Waals surface area contributed by atoms with Gasteiger partial charge in [0.2, 0.25) is 5.91 Å². The Hall–Kier alpha value is -4.06. The molecule has 36 heavy (non-hydrogen) atoms. The third kappa shape index (κ3) is 3.40. The number of pyridine rings is 1. The molecule has 0 bridgehead atoms. The van der Waals surface area contributed by atoms with Gasteiger partial charge in [-0.05, 0) is 31.0 Å². The normalized spacial score (nSPS) is 19.4. The number of halogens is 2. The van der Waals surface area contributed by atoms with Gasteiger partial charge in [0.15, 0.2) is 5.82 Å². The van der Waals surface area contributed by atoms with Gasteiger partial charge in [-0.25, -0.2) is 8.78 Å². The van der Waals surface area contributed by atoms with Crippen molar-refractivity contribution in [3.8, 4) is 16.9 Å². The molecule has 0 radical (unpaired) electrons. The van der Waals surface area contributed by atoms with E-state index in [0.29, 0.717) is 24.1 Å². The number of hydrogen-bond acceptors (Lipinski definition) is 6. The zero-order valence-corrected chi connectivity index (χ0v) is 20.2. The van der Waals surface area contributed by atoms with Crippen molar-refractivity contribution in [2.75, 3.05) is 26.9 Å². The second-order valence-corrected chi connectivity index (χ2v) is 9.22. The molecule has 1 aliphatic rings. The van der Waals surface area contributed by atoms with Crippen LogP contribution < -0.4 is 11.3 Å². The van der Waals surface area contributed by atoms with E-state index in [0.717, 1.165) is 22.4 Å². The number of nitrogens with zero attached hydrogens (tertiary/aromatic N) is 5. The van der Waals surface area contributed by atoms with Crippen LogP contribution in [0, 0.1) is 17.6 Å². The maximum absolute atomic E-state index is 14.6. The average molecular weight is 498 g/mol. The third-order valence-electron chi connectivity index (χ3n) is 6.89. The number of rotatable bonds is 5. The molecule has 188 valence electrons. The molecule has 0 saturated heterocycles. The number of nitrogens with two attached hydrogens (primary N) is 1. The fourth-order valence-electron chi connectivity index (χ4n) is 5.00. The monoisotopic (exact) mass is 497 g/mol. The third-order valence-corrected chi connectivity index (χ3v) is 6.89. The first-order valence-corrected chi connectivity index (χ1v) is 11.2. The molecule has 1 fully saturated rings. The summed E-state index contributed by atoms with van der Waals surface area (Å²) >= 11 is 0. The van der Waals surface area contributed by atoms with Crippen molar-refractivity contribution in [1.82, 2.24) is 29.4 Å². The highest BCUT2D eigenvalue weighted by Crippen LogP contribution is 2.49. The summed E-state index contributed by atoms with van der Waals surface area (Å²) in [4.78, 5) is 27.2. The Morgan fingerprint density at radius 2 is 1.94 bits per heavy atom. The van der Waals surface area contributed by atoms with Gasteiger partial charge in [0.1, 0.15) is 28.3 Å². The summed E-state index contributed by atoms with van der Waals surface area (Å²) in [6.07, 6.45) is 2.27. The van der Waals surface area contributed by atoms with Crippen LogP contribution in [0.4, 0.5) is 14.6 Å². The highest BCUT2D eigenvalue weighted by molar-refractivity contribution is 5.97. The van der Waals surface area contributed by atoms with Crippen LogP contribution in [0.5, 0.6) is 0 Å². The fourth-order valence-corrected chi connectivity index (χ4v) is 5.00. The van der Waals surface area contributed by atoms with Crippen molar-refractivity contribution in [1.29, 1.82) is 0 Å². The van der Waals surface area contributed by atoms with Gasteiger partial charge < -0.3 is 15.4 Å². The Morgan fingerprint density at radius 1 is 1.28 bits per heavy atom. The predicted molar refractivity (Wildman–Crippen MR) is 128 cm³/mol. The molecule has 3 N–H and O–H groups in total. The molecule has 0 atom stereocenters. The highest BCUT2D eigenvalue weighted by Gasteiger charge is 2.51. The fraction of sp³-hybridized carbons (Fsp3) is 0.333. The molecule has 0 aliphatic heterocycles. The number of ether oxygens (including phenoxy) is 1. The van der Waals surface area contributed by atoms with Gasteiger partial charge in [-0.2, -0.15) is 10.2 Å². The number of anilines is 1. The number of carbonyl (C=O) groups is 1. The molecule has 1 amide bonds. The van der Waals surface area contributed by atoms with E-state index in [1.807, 2.05) is 0 Å². The number of amides is 1. The van der Waals surface area contributed by atoms with Crippen molar-refractivity contribution < 1.29 is 18.3 Å². The van der Waals surface area contributed by atoms with E-state index in [-0.39, 0.29) is 28.5 Å². The molecular weight excluding hydrogens is 472 g/mol. The number of nitrogens with one attached hydrogen (secondary N) is 1. The van der Waals surface area contributed by atoms with Crippen molar-refractivity contribution in [2.45, 2.75) is 18.4 Å². The molecule has 1 aromatic carbocycles. The van der Waals surface area contributed by atoms with E-state index in [2.05, 4.69) is 15.3 Å². The van der Waals surface area contributed by atoms with Crippen LogP contribution in [-0.4, -0.2) is 56.6 Å². The number of aryl methyl sites for hydroxylation is 1. The summed E-state index contributed by atoms with van der Waals surface area (Å²) in [7, 11) is 6.75. The SMILES string of the molecule is CO[C@]1(c2cc(-c3cn(-c4c(F)cccc4F)c(=O)c4c(N)n[nH]c34)nn2C)C[C@H](C(=O)N(C)C)C1. The summed E-state index contributed by atoms with van der Waals surface area (Å²) in [5.41, 5.74) is 5.75. The van der Waals surface area contributed by atoms with Crippen molar-refractivity contribution in [3.05, 3.63) is 58.1 Å². The van der Waals surface area contributed by atoms with Crippen LogP contribution in [0.15, 0.2) is 35.3 Å². The number of benzene rings is 1. The number of carbonyl (C=O) groups excluding carboxylic acids is 1. The van der Waals surface area contributed by atoms with E-state index in [9.17, 15) is 18.4 Å². The first-order chi connectivity index (χ1) is 17.1. The summed E-state index contributed by atoms with van der Waals surface area (Å²) in [5.74, 6) is -2.07. The number of para-hydroxylation sites is 1. The van der Waals surface area contributed by atoms with Crippen molar-refractivity contribution >= 4 is 22.6 Å². The molecule has 3 aromatic heterocycles. The number of nitrogen functional groups attached to an aromatic ring is 1. The lowest BCUT2D eigenvalue weighted by atomic mass is 9.68. The van der Waals surface area contributed by atoms with Gasteiger partial charge in [-0.15, -0.1) is 0 Å². The van der Waals surface area contributed by atoms with Crippen LogP contribution in [0.2, 0.25) is 0 Å². The highest BCUT2D eigenvalue weighted by atomic mass is 19.1. The molecule has 0 spiro atoms. The van der Waals surface area contributed by atoms with Crippen LogP contribution in [-0.2, 0) is 22.2 Å². The summed E-state index contributed by atoms with van der Waals surface area (Å²) in [5, 5.41) is 11.3. The summed E-state index contributed by atoms with van der Waals surface area (Å²) < 4.78 is 37.7. The maximum atomic E-state index is 14.6. The molecular formula is C24H25F2N7O3. The Morgan fingerprint density at radius 3 is 2.56 bits per heavy atom. The maximum Gasteiger partial charge on any atom is 0.268 e. The molecule has 4 aromatic rings. The second kappa shape index (κ2) is 8.26. The zero-order chi connectivity index (χ0) is 25.9. The van der Waals surface area contributed by atoms with Crippen molar-refractivity contribution in [3.63, 3.8) is 0 Å². The van der Waals surface area contributed by atoms with Gasteiger partial charge in [-0.3, -0.25) is 23.9 Å². The molecule has 3 heterocycles. The van der Waals surface area contributed by atoms with Crippen LogP contribution >= 0.6 is 0 Å². The number of methoxy groups -OCH3 is 1. The number of fused-ring (bicyclic) bond motifs is 1. The predicted octanol–water partition coefficient (Wildman–Crippen LogP) is 2.31. The van der Waals surface area contributed by atoms with Crippen LogP contribution in [0.3, 0.4) is 0 Å². The van der Waals surface area contributed by atoms with Gasteiger partial charge >= 0.3 is 0 Å². The van der Waals surface area contributed by atoms with Crippen LogP contribution in [0.1, 0.15) is 18.5 Å². The Labute approximate surface area is 204 Å². The lowest BCUT2D eigenvalue weighted by Gasteiger charge is -2.46. The van der Waals surface area contributed by atoms with E-state index >= 15 is 0 Å². The van der Waals surface area contributed by atoms with E-state index in [1.165, 1.54) is 12.3 Å². The molecule has 12 heteroatoms. The Balaban J connectivity index is 1.66. The Kier molecular flexibility index (Phi) is 5.43. The number of hydrogen-bond donors (Lipinski definition) is 2. The van der Waals surface area contributed by atoms with Gasteiger partial charge in [0.25, 0.3) is 5.56 Å². The largest absolute Gasteiger partial charge is 0.382 e. The van der Waals surface area contributed by atoms with Crippen LogP contribution in [0.25, 0.3) is 27.8 Å². The standard InChI is InChI=1S/C24H25F2N7O3/c1-31(2)22(34)12-9-24(10-12,36-4)17-8-16(30-32(17)3)13-11-33(20-14(25)6-5-7-15(20)26)23(35)18-19(13)28-29-21(18)27/h5-8,11-12H,9-10H2,1-4H3,(H3,27,28,29)/t12-,24+. The lowest BCUT2D eigenvalue weighted by Crippen LogP contribution is -2.49. The van der Waals surface area contributed by atoms with E-state index in [4.69, 9.17) is 10.5 Å². The van der Waals surface area contributed by atoms with Gasteiger partial charge in [0, 0.05) is 45.9 Å².